The number of rotatable bonds is 6. The quantitative estimate of drug-likeness (QED) is 0.676. The molecule has 6 heteroatoms. The molecule has 1 atom stereocenters. The van der Waals surface area contributed by atoms with Crippen molar-refractivity contribution >= 4 is 23.3 Å². The molecule has 6 nitrogen and oxygen atoms in total. The summed E-state index contributed by atoms with van der Waals surface area (Å²) in [5.74, 6) is -1.99. The van der Waals surface area contributed by atoms with E-state index in [4.69, 9.17) is 10.8 Å². The fourth-order valence-electron chi connectivity index (χ4n) is 1.93. The van der Waals surface area contributed by atoms with Gasteiger partial charge in [-0.2, -0.15) is 0 Å². The van der Waals surface area contributed by atoms with Gasteiger partial charge in [-0.05, 0) is 24.6 Å². The molecule has 1 unspecified atom stereocenters. The zero-order valence-electron chi connectivity index (χ0n) is 11.0. The van der Waals surface area contributed by atoms with Gasteiger partial charge in [-0.3, -0.25) is 0 Å². The van der Waals surface area contributed by atoms with Crippen LogP contribution in [0.25, 0.3) is 0 Å². The zero-order chi connectivity index (χ0) is 14.6. The fraction of sp³-hybridized carbons (Fsp3) is 0.385. The van der Waals surface area contributed by atoms with E-state index in [2.05, 4.69) is 0 Å². The molecule has 4 N–H and O–H groups in total. The molecule has 0 aliphatic rings. The van der Waals surface area contributed by atoms with Gasteiger partial charge in [-0.1, -0.05) is 13.3 Å². The lowest BCUT2D eigenvalue weighted by molar-refractivity contribution is -0.138. The number of carboxylic acid groups (broad SMARTS) is 2. The number of anilines is 2. The highest BCUT2D eigenvalue weighted by molar-refractivity contribution is 5.91. The summed E-state index contributed by atoms with van der Waals surface area (Å²) >= 11 is 0. The molecule has 0 saturated carbocycles. The Balaban J connectivity index is 3.07. The third-order valence-corrected chi connectivity index (χ3v) is 2.97. The third-order valence-electron chi connectivity index (χ3n) is 2.97. The van der Waals surface area contributed by atoms with E-state index in [0.717, 1.165) is 6.42 Å². The molecule has 0 heterocycles. The number of likely N-dealkylation sites (N-methyl/N-ethyl adjacent to an activating group) is 1. The van der Waals surface area contributed by atoms with E-state index in [0.29, 0.717) is 12.1 Å². The number of carbonyl (C=O) groups is 2. The summed E-state index contributed by atoms with van der Waals surface area (Å²) in [4.78, 5) is 23.6. The molecule has 0 bridgehead atoms. The molecule has 1 aromatic carbocycles. The minimum atomic E-state index is -1.07. The summed E-state index contributed by atoms with van der Waals surface area (Å²) in [5.41, 5.74) is 6.65. The van der Waals surface area contributed by atoms with Crippen LogP contribution < -0.4 is 10.6 Å². The molecule has 0 aliphatic heterocycles. The maximum Gasteiger partial charge on any atom is 0.335 e. The highest BCUT2D eigenvalue weighted by atomic mass is 16.4. The van der Waals surface area contributed by atoms with Gasteiger partial charge in [0.15, 0.2) is 0 Å². The second kappa shape index (κ2) is 6.08. The molecule has 1 rings (SSSR count). The number of nitrogens with zero attached hydrogens (tertiary/aromatic N) is 1. The molecular formula is C13H18N2O4. The molecular weight excluding hydrogens is 248 g/mol. The van der Waals surface area contributed by atoms with Gasteiger partial charge < -0.3 is 20.8 Å². The standard InChI is InChI=1S/C13H18N2O4/c1-3-4-11(13(18)19)15(2)10-6-5-8(12(16)17)7-9(10)14/h5-7,11H,3-4,14H2,1-2H3,(H,16,17)(H,18,19). The van der Waals surface area contributed by atoms with E-state index in [9.17, 15) is 14.7 Å². The predicted octanol–water partition coefficient (Wildman–Crippen LogP) is 1.66. The Kier molecular flexibility index (Phi) is 4.74. The SMILES string of the molecule is CCCC(C(=O)O)N(C)c1ccc(C(=O)O)cc1N. The minimum absolute atomic E-state index is 0.0806. The summed E-state index contributed by atoms with van der Waals surface area (Å²) in [6.07, 6.45) is 1.22. The molecule has 104 valence electrons. The fourth-order valence-corrected chi connectivity index (χ4v) is 1.93. The van der Waals surface area contributed by atoms with Gasteiger partial charge in [-0.25, -0.2) is 9.59 Å². The Bertz CT molecular complexity index is 488. The lowest BCUT2D eigenvalue weighted by Gasteiger charge is -2.27. The van der Waals surface area contributed by atoms with Crippen LogP contribution in [0.2, 0.25) is 0 Å². The molecule has 0 spiro atoms. The average molecular weight is 266 g/mol. The predicted molar refractivity (Wildman–Crippen MR) is 72.5 cm³/mol. The van der Waals surface area contributed by atoms with Gasteiger partial charge in [0.25, 0.3) is 0 Å². The molecule has 0 aliphatic carbocycles. The second-order valence-corrected chi connectivity index (χ2v) is 4.33. The van der Waals surface area contributed by atoms with Crippen molar-refractivity contribution in [2.75, 3.05) is 17.7 Å². The van der Waals surface area contributed by atoms with E-state index in [1.165, 1.54) is 18.2 Å². The number of aromatic carboxylic acids is 1. The Morgan fingerprint density at radius 1 is 1.37 bits per heavy atom. The first-order valence-electron chi connectivity index (χ1n) is 5.97. The van der Waals surface area contributed by atoms with Crippen LogP contribution in [-0.2, 0) is 4.79 Å². The summed E-state index contributed by atoms with van der Waals surface area (Å²) in [6.45, 7) is 1.90. The van der Waals surface area contributed by atoms with Crippen molar-refractivity contribution in [1.82, 2.24) is 0 Å². The maximum absolute atomic E-state index is 11.2. The van der Waals surface area contributed by atoms with E-state index < -0.39 is 18.0 Å². The van der Waals surface area contributed by atoms with Gasteiger partial charge in [0.1, 0.15) is 6.04 Å². The number of carboxylic acids is 2. The maximum atomic E-state index is 11.2. The first kappa shape index (κ1) is 14.8. The van der Waals surface area contributed by atoms with E-state index in [1.54, 1.807) is 11.9 Å². The van der Waals surface area contributed by atoms with Gasteiger partial charge in [-0.15, -0.1) is 0 Å². The van der Waals surface area contributed by atoms with E-state index in [-0.39, 0.29) is 11.3 Å². The van der Waals surface area contributed by atoms with Crippen molar-refractivity contribution < 1.29 is 19.8 Å². The molecule has 0 aromatic heterocycles. The highest BCUT2D eigenvalue weighted by Crippen LogP contribution is 2.26. The molecule has 0 fully saturated rings. The van der Waals surface area contributed by atoms with Crippen molar-refractivity contribution in [1.29, 1.82) is 0 Å². The molecule has 0 amide bonds. The topological polar surface area (TPSA) is 104 Å². The summed E-state index contributed by atoms with van der Waals surface area (Å²) < 4.78 is 0. The number of hydrogen-bond donors (Lipinski definition) is 3. The Morgan fingerprint density at radius 3 is 2.42 bits per heavy atom. The first-order valence-corrected chi connectivity index (χ1v) is 5.97. The molecule has 19 heavy (non-hydrogen) atoms. The summed E-state index contributed by atoms with van der Waals surface area (Å²) in [7, 11) is 1.64. The van der Waals surface area contributed by atoms with E-state index in [1.807, 2.05) is 6.92 Å². The lowest BCUT2D eigenvalue weighted by Crippen LogP contribution is -2.38. The minimum Gasteiger partial charge on any atom is -0.480 e. The number of nitrogen functional groups attached to an aromatic ring is 1. The van der Waals surface area contributed by atoms with Crippen LogP contribution in [-0.4, -0.2) is 35.2 Å². The molecule has 1 aromatic rings. The van der Waals surface area contributed by atoms with Gasteiger partial charge in [0.2, 0.25) is 0 Å². The van der Waals surface area contributed by atoms with Crippen LogP contribution in [0.15, 0.2) is 18.2 Å². The zero-order valence-corrected chi connectivity index (χ0v) is 11.0. The normalized spacial score (nSPS) is 11.9. The number of nitrogens with two attached hydrogens (primary N) is 1. The number of aliphatic carboxylic acids is 1. The van der Waals surface area contributed by atoms with Crippen LogP contribution in [0.1, 0.15) is 30.1 Å². The van der Waals surface area contributed by atoms with Crippen LogP contribution >= 0.6 is 0 Å². The van der Waals surface area contributed by atoms with Crippen molar-refractivity contribution in [2.45, 2.75) is 25.8 Å². The van der Waals surface area contributed by atoms with Gasteiger partial charge >= 0.3 is 11.9 Å². The van der Waals surface area contributed by atoms with Gasteiger partial charge in [0, 0.05) is 7.05 Å². The Hall–Kier alpha value is -2.24. The van der Waals surface area contributed by atoms with Crippen molar-refractivity contribution in [2.24, 2.45) is 0 Å². The van der Waals surface area contributed by atoms with Crippen molar-refractivity contribution in [3.05, 3.63) is 23.8 Å². The second-order valence-electron chi connectivity index (χ2n) is 4.33. The number of hydrogen-bond acceptors (Lipinski definition) is 4. The first-order chi connectivity index (χ1) is 8.88. The Morgan fingerprint density at radius 2 is 2.00 bits per heavy atom. The van der Waals surface area contributed by atoms with E-state index >= 15 is 0 Å². The van der Waals surface area contributed by atoms with Crippen molar-refractivity contribution in [3.63, 3.8) is 0 Å². The smallest absolute Gasteiger partial charge is 0.335 e. The number of benzene rings is 1. The lowest BCUT2D eigenvalue weighted by atomic mass is 10.1. The third kappa shape index (κ3) is 3.37. The van der Waals surface area contributed by atoms with Gasteiger partial charge in [0.05, 0.1) is 16.9 Å². The van der Waals surface area contributed by atoms with Crippen LogP contribution in [0.4, 0.5) is 11.4 Å². The summed E-state index contributed by atoms with van der Waals surface area (Å²) in [5, 5.41) is 18.1. The van der Waals surface area contributed by atoms with Crippen LogP contribution in [0, 0.1) is 0 Å². The van der Waals surface area contributed by atoms with Crippen LogP contribution in [0.5, 0.6) is 0 Å². The Labute approximate surface area is 111 Å². The highest BCUT2D eigenvalue weighted by Gasteiger charge is 2.23. The average Bonchev–Trinajstić information content (AvgIpc) is 2.34. The summed E-state index contributed by atoms with van der Waals surface area (Å²) in [6, 6.07) is 3.60. The van der Waals surface area contributed by atoms with Crippen molar-refractivity contribution in [3.8, 4) is 0 Å². The largest absolute Gasteiger partial charge is 0.480 e. The monoisotopic (exact) mass is 266 g/mol. The van der Waals surface area contributed by atoms with Crippen LogP contribution in [0.3, 0.4) is 0 Å². The molecule has 0 saturated heterocycles. The molecule has 0 radical (unpaired) electrons.